The van der Waals surface area contributed by atoms with Crippen LogP contribution in [0.2, 0.25) is 0 Å². The molecule has 0 aliphatic carbocycles. The van der Waals surface area contributed by atoms with Crippen LogP contribution in [0.15, 0.2) is 30.5 Å². The van der Waals surface area contributed by atoms with Gasteiger partial charge in [0.05, 0.1) is 17.6 Å². The Bertz CT molecular complexity index is 728. The maximum absolute atomic E-state index is 11.0. The molecule has 0 spiro atoms. The number of rotatable bonds is 2. The van der Waals surface area contributed by atoms with Crippen molar-refractivity contribution < 1.29 is 9.90 Å². The average Bonchev–Trinajstić information content (AvgIpc) is 2.54. The van der Waals surface area contributed by atoms with Crippen molar-refractivity contribution in [1.82, 2.24) is 4.98 Å². The summed E-state index contributed by atoms with van der Waals surface area (Å²) in [5.74, 6) is -0.133. The maximum Gasteiger partial charge on any atom is 0.306 e. The summed E-state index contributed by atoms with van der Waals surface area (Å²) in [6.07, 6.45) is 3.02. The molecule has 5 nitrogen and oxygen atoms in total. The van der Waals surface area contributed by atoms with Gasteiger partial charge >= 0.3 is 5.97 Å². The highest BCUT2D eigenvalue weighted by Crippen LogP contribution is 2.29. The van der Waals surface area contributed by atoms with E-state index in [2.05, 4.69) is 16.0 Å². The number of nitriles is 1. The summed E-state index contributed by atoms with van der Waals surface area (Å²) in [6.45, 7) is 1.36. The first-order valence-electron chi connectivity index (χ1n) is 6.95. The molecule has 1 aromatic heterocycles. The van der Waals surface area contributed by atoms with Crippen LogP contribution in [-0.4, -0.2) is 29.1 Å². The number of pyridine rings is 1. The summed E-state index contributed by atoms with van der Waals surface area (Å²) in [7, 11) is 0. The molecule has 0 atom stereocenters. The molecule has 1 N–H and O–H groups in total. The van der Waals surface area contributed by atoms with Crippen molar-refractivity contribution in [3.63, 3.8) is 0 Å². The molecule has 1 aliphatic heterocycles. The second-order valence-electron chi connectivity index (χ2n) is 5.28. The molecule has 21 heavy (non-hydrogen) atoms. The number of carboxylic acids is 1. The van der Waals surface area contributed by atoms with E-state index in [4.69, 9.17) is 10.4 Å². The molecule has 0 saturated carbocycles. The van der Waals surface area contributed by atoms with Crippen LogP contribution in [0.3, 0.4) is 0 Å². The van der Waals surface area contributed by atoms with Gasteiger partial charge in [0.2, 0.25) is 0 Å². The molecule has 3 rings (SSSR count). The average molecular weight is 281 g/mol. The Hall–Kier alpha value is -2.61. The second-order valence-corrected chi connectivity index (χ2v) is 5.28. The Morgan fingerprint density at radius 1 is 1.33 bits per heavy atom. The van der Waals surface area contributed by atoms with Gasteiger partial charge < -0.3 is 10.0 Å². The number of anilines is 1. The van der Waals surface area contributed by atoms with Crippen molar-refractivity contribution in [3.05, 3.63) is 36.0 Å². The summed E-state index contributed by atoms with van der Waals surface area (Å²) >= 11 is 0. The van der Waals surface area contributed by atoms with Crippen LogP contribution in [0, 0.1) is 17.2 Å². The predicted octanol–water partition coefficient (Wildman–Crippen LogP) is 2.41. The van der Waals surface area contributed by atoms with Gasteiger partial charge in [-0.15, -0.1) is 0 Å². The van der Waals surface area contributed by atoms with Gasteiger partial charge in [-0.3, -0.25) is 4.79 Å². The summed E-state index contributed by atoms with van der Waals surface area (Å²) < 4.78 is 0. The van der Waals surface area contributed by atoms with Gasteiger partial charge in [0.25, 0.3) is 0 Å². The number of carbonyl (C=O) groups is 1. The molecule has 0 bridgehead atoms. The van der Waals surface area contributed by atoms with E-state index < -0.39 is 5.97 Å². The van der Waals surface area contributed by atoms with Crippen molar-refractivity contribution in [2.45, 2.75) is 12.8 Å². The first-order valence-corrected chi connectivity index (χ1v) is 6.95. The minimum absolute atomic E-state index is 0.258. The fourth-order valence-corrected chi connectivity index (χ4v) is 2.81. The lowest BCUT2D eigenvalue weighted by Gasteiger charge is -2.31. The largest absolute Gasteiger partial charge is 0.481 e. The van der Waals surface area contributed by atoms with Gasteiger partial charge in [-0.2, -0.15) is 5.26 Å². The minimum atomic E-state index is -0.715. The molecular formula is C16H15N3O2. The monoisotopic (exact) mass is 281 g/mol. The number of aliphatic carboxylic acids is 1. The fraction of sp³-hybridized carbons (Fsp3) is 0.312. The standard InChI is InChI=1S/C16H15N3O2/c17-10-11-1-2-12-3-6-18-15(14(12)9-11)19-7-4-13(5-8-19)16(20)21/h1-3,6,9,13H,4-5,7-8H2,(H,20,21). The van der Waals surface area contributed by atoms with Gasteiger partial charge in [0.1, 0.15) is 5.82 Å². The molecule has 106 valence electrons. The van der Waals surface area contributed by atoms with E-state index in [1.807, 2.05) is 18.2 Å². The van der Waals surface area contributed by atoms with Crippen molar-refractivity contribution >= 4 is 22.6 Å². The zero-order chi connectivity index (χ0) is 14.8. The second kappa shape index (κ2) is 5.41. The minimum Gasteiger partial charge on any atom is -0.481 e. The van der Waals surface area contributed by atoms with E-state index in [0.29, 0.717) is 31.5 Å². The van der Waals surface area contributed by atoms with E-state index in [-0.39, 0.29) is 5.92 Å². The zero-order valence-electron chi connectivity index (χ0n) is 11.5. The molecule has 0 amide bonds. The number of fused-ring (bicyclic) bond motifs is 1. The Morgan fingerprint density at radius 3 is 2.76 bits per heavy atom. The Labute approximate surface area is 122 Å². The van der Waals surface area contributed by atoms with Crippen molar-refractivity contribution in [3.8, 4) is 6.07 Å². The predicted molar refractivity (Wildman–Crippen MR) is 79.0 cm³/mol. The van der Waals surface area contributed by atoms with Crippen LogP contribution < -0.4 is 4.90 Å². The number of hydrogen-bond donors (Lipinski definition) is 1. The third-order valence-electron chi connectivity index (χ3n) is 4.02. The Morgan fingerprint density at radius 2 is 2.10 bits per heavy atom. The topological polar surface area (TPSA) is 77.2 Å². The van der Waals surface area contributed by atoms with Gasteiger partial charge in [0.15, 0.2) is 0 Å². The molecule has 0 unspecified atom stereocenters. The van der Waals surface area contributed by atoms with Gasteiger partial charge in [-0.05, 0) is 36.4 Å². The van der Waals surface area contributed by atoms with Crippen molar-refractivity contribution in [1.29, 1.82) is 5.26 Å². The van der Waals surface area contributed by atoms with E-state index in [1.54, 1.807) is 12.3 Å². The third-order valence-corrected chi connectivity index (χ3v) is 4.02. The highest BCUT2D eigenvalue weighted by molar-refractivity contribution is 5.93. The third kappa shape index (κ3) is 2.52. The first-order chi connectivity index (χ1) is 10.2. The molecule has 2 heterocycles. The van der Waals surface area contributed by atoms with Crippen LogP contribution in [0.25, 0.3) is 10.8 Å². The van der Waals surface area contributed by atoms with E-state index in [0.717, 1.165) is 16.6 Å². The summed E-state index contributed by atoms with van der Waals surface area (Å²) in [6, 6.07) is 9.63. The van der Waals surface area contributed by atoms with Crippen LogP contribution in [-0.2, 0) is 4.79 Å². The number of carboxylic acid groups (broad SMARTS) is 1. The summed E-state index contributed by atoms with van der Waals surface area (Å²) in [5.41, 5.74) is 0.608. The van der Waals surface area contributed by atoms with Gasteiger partial charge in [-0.25, -0.2) is 4.98 Å². The smallest absolute Gasteiger partial charge is 0.306 e. The Kier molecular flexibility index (Phi) is 3.44. The molecule has 5 heteroatoms. The van der Waals surface area contributed by atoms with E-state index in [1.165, 1.54) is 0 Å². The van der Waals surface area contributed by atoms with E-state index in [9.17, 15) is 4.79 Å². The molecular weight excluding hydrogens is 266 g/mol. The number of nitrogens with zero attached hydrogens (tertiary/aromatic N) is 3. The lowest BCUT2D eigenvalue weighted by molar-refractivity contribution is -0.142. The van der Waals surface area contributed by atoms with Crippen molar-refractivity contribution in [2.75, 3.05) is 18.0 Å². The van der Waals surface area contributed by atoms with Crippen molar-refractivity contribution in [2.24, 2.45) is 5.92 Å². The molecule has 0 radical (unpaired) electrons. The number of piperidine rings is 1. The number of hydrogen-bond acceptors (Lipinski definition) is 4. The highest BCUT2D eigenvalue weighted by Gasteiger charge is 2.25. The van der Waals surface area contributed by atoms with Gasteiger partial charge in [-0.1, -0.05) is 6.07 Å². The van der Waals surface area contributed by atoms with E-state index >= 15 is 0 Å². The quantitative estimate of drug-likeness (QED) is 0.914. The summed E-state index contributed by atoms with van der Waals surface area (Å²) in [4.78, 5) is 17.6. The lowest BCUT2D eigenvalue weighted by atomic mass is 9.96. The molecule has 1 aromatic carbocycles. The zero-order valence-corrected chi connectivity index (χ0v) is 11.5. The summed E-state index contributed by atoms with van der Waals surface area (Å²) in [5, 5.41) is 20.1. The first kappa shape index (κ1) is 13.4. The lowest BCUT2D eigenvalue weighted by Crippen LogP contribution is -2.36. The molecule has 1 aliphatic rings. The highest BCUT2D eigenvalue weighted by atomic mass is 16.4. The maximum atomic E-state index is 11.0. The van der Waals surface area contributed by atoms with Crippen LogP contribution in [0.4, 0.5) is 5.82 Å². The van der Waals surface area contributed by atoms with Crippen LogP contribution in [0.5, 0.6) is 0 Å². The molecule has 1 fully saturated rings. The number of benzene rings is 1. The van der Waals surface area contributed by atoms with Crippen LogP contribution >= 0.6 is 0 Å². The molecule has 1 saturated heterocycles. The van der Waals surface area contributed by atoms with Crippen LogP contribution in [0.1, 0.15) is 18.4 Å². The Balaban J connectivity index is 1.94. The normalized spacial score (nSPS) is 15.9. The van der Waals surface area contributed by atoms with Gasteiger partial charge in [0, 0.05) is 24.7 Å². The molecule has 2 aromatic rings. The SMILES string of the molecule is N#Cc1ccc2ccnc(N3CCC(C(=O)O)CC3)c2c1. The fourth-order valence-electron chi connectivity index (χ4n) is 2.81. The number of aromatic nitrogens is 1.